The number of aliphatic hydroxyl groups is 1. The van der Waals surface area contributed by atoms with Gasteiger partial charge >= 0.3 is 0 Å². The fourth-order valence-electron chi connectivity index (χ4n) is 5.37. The Hall–Kier alpha value is -2.21. The first kappa shape index (κ1) is 18.8. The van der Waals surface area contributed by atoms with Gasteiger partial charge in [-0.05, 0) is 30.0 Å². The molecule has 152 valence electrons. The summed E-state index contributed by atoms with van der Waals surface area (Å²) in [4.78, 5) is 17.8. The number of amides is 1. The van der Waals surface area contributed by atoms with E-state index in [1.807, 2.05) is 23.1 Å². The van der Waals surface area contributed by atoms with Gasteiger partial charge < -0.3 is 14.7 Å². The van der Waals surface area contributed by atoms with Crippen LogP contribution in [0.2, 0.25) is 0 Å². The molecule has 2 saturated heterocycles. The van der Waals surface area contributed by atoms with E-state index >= 15 is 0 Å². The monoisotopic (exact) mass is 392 g/mol. The Labute approximate surface area is 171 Å². The molecule has 0 unspecified atom stereocenters. The van der Waals surface area contributed by atoms with Gasteiger partial charge in [0.2, 0.25) is 5.91 Å². The van der Waals surface area contributed by atoms with Gasteiger partial charge in [-0.15, -0.1) is 0 Å². The van der Waals surface area contributed by atoms with E-state index in [1.54, 1.807) is 0 Å². The minimum atomic E-state index is 0.0460. The number of aliphatic hydroxyl groups excluding tert-OH is 1. The van der Waals surface area contributed by atoms with Crippen molar-refractivity contribution in [2.45, 2.75) is 37.4 Å². The molecule has 1 amide bonds. The molecule has 5 heteroatoms. The molecule has 0 bridgehead atoms. The smallest absolute Gasteiger partial charge is 0.230 e. The van der Waals surface area contributed by atoms with Gasteiger partial charge in [0.05, 0.1) is 6.61 Å². The van der Waals surface area contributed by atoms with Crippen LogP contribution in [0.15, 0.2) is 54.6 Å². The number of hydrogen-bond donors (Lipinski definition) is 1. The van der Waals surface area contributed by atoms with E-state index in [1.165, 1.54) is 11.1 Å². The van der Waals surface area contributed by atoms with E-state index in [4.69, 9.17) is 4.74 Å². The third kappa shape index (κ3) is 3.27. The standard InChI is InChI=1S/C24H28N2O3/c27-16-22-23-19-8-4-5-9-20(19)26(24(28)18-10-12-29-13-11-18)15-21(23)25(22)14-17-6-2-1-3-7-17/h1-9,18,21-23,27H,10-16H2/t21-,22+,23+/m1/s1. The van der Waals surface area contributed by atoms with Crippen LogP contribution in [-0.2, 0) is 16.1 Å². The van der Waals surface area contributed by atoms with Crippen LogP contribution >= 0.6 is 0 Å². The molecule has 2 aromatic carbocycles. The average Bonchev–Trinajstić information content (AvgIpc) is 2.78. The third-order valence-electron chi connectivity index (χ3n) is 6.87. The second kappa shape index (κ2) is 7.90. The van der Waals surface area contributed by atoms with Gasteiger partial charge in [0.1, 0.15) is 0 Å². The molecule has 3 aliphatic heterocycles. The molecule has 1 N–H and O–H groups in total. The summed E-state index contributed by atoms with van der Waals surface area (Å²) in [7, 11) is 0. The summed E-state index contributed by atoms with van der Waals surface area (Å²) >= 11 is 0. The van der Waals surface area contributed by atoms with Crippen LogP contribution < -0.4 is 4.90 Å². The predicted octanol–water partition coefficient (Wildman–Crippen LogP) is 2.79. The maximum Gasteiger partial charge on any atom is 0.230 e. The van der Waals surface area contributed by atoms with Crippen LogP contribution in [0.5, 0.6) is 0 Å². The number of carbonyl (C=O) groups excluding carboxylic acids is 1. The van der Waals surface area contributed by atoms with Crippen molar-refractivity contribution in [1.82, 2.24) is 4.90 Å². The summed E-state index contributed by atoms with van der Waals surface area (Å²) in [5.41, 5.74) is 3.47. The van der Waals surface area contributed by atoms with Crippen molar-refractivity contribution in [3.63, 3.8) is 0 Å². The summed E-state index contributed by atoms with van der Waals surface area (Å²) in [5.74, 6) is 0.551. The molecule has 0 saturated carbocycles. The number of nitrogens with zero attached hydrogens (tertiary/aromatic N) is 2. The molecule has 3 atom stereocenters. The molecular formula is C24H28N2O3. The second-order valence-electron chi connectivity index (χ2n) is 8.40. The third-order valence-corrected chi connectivity index (χ3v) is 6.87. The molecule has 0 radical (unpaired) electrons. The van der Waals surface area contributed by atoms with Gasteiger partial charge in [-0.25, -0.2) is 0 Å². The lowest BCUT2D eigenvalue weighted by atomic mass is 9.71. The number of carbonyl (C=O) groups is 1. The zero-order valence-electron chi connectivity index (χ0n) is 16.6. The van der Waals surface area contributed by atoms with Crippen LogP contribution in [0.1, 0.15) is 29.9 Å². The van der Waals surface area contributed by atoms with E-state index in [2.05, 4.69) is 41.3 Å². The lowest BCUT2D eigenvalue weighted by Gasteiger charge is -2.59. The molecule has 5 nitrogen and oxygen atoms in total. The van der Waals surface area contributed by atoms with Crippen molar-refractivity contribution < 1.29 is 14.6 Å². The molecule has 2 fully saturated rings. The van der Waals surface area contributed by atoms with E-state index in [0.29, 0.717) is 19.8 Å². The van der Waals surface area contributed by atoms with E-state index < -0.39 is 0 Å². The van der Waals surface area contributed by atoms with Crippen molar-refractivity contribution in [1.29, 1.82) is 0 Å². The number of ether oxygens (including phenoxy) is 1. The molecular weight excluding hydrogens is 364 g/mol. The maximum absolute atomic E-state index is 13.4. The Morgan fingerprint density at radius 1 is 1.03 bits per heavy atom. The first-order chi connectivity index (χ1) is 14.3. The summed E-state index contributed by atoms with van der Waals surface area (Å²) in [6, 6.07) is 19.0. The van der Waals surface area contributed by atoms with Gasteiger partial charge in [-0.3, -0.25) is 9.69 Å². The Bertz CT molecular complexity index is 865. The molecule has 5 rings (SSSR count). The zero-order valence-corrected chi connectivity index (χ0v) is 16.6. The molecule has 3 heterocycles. The number of rotatable bonds is 4. The van der Waals surface area contributed by atoms with Crippen LogP contribution in [-0.4, -0.2) is 54.4 Å². The Morgan fingerprint density at radius 3 is 2.52 bits per heavy atom. The van der Waals surface area contributed by atoms with Crippen molar-refractivity contribution in [2.24, 2.45) is 5.92 Å². The molecule has 2 aromatic rings. The molecule has 29 heavy (non-hydrogen) atoms. The highest BCUT2D eigenvalue weighted by Crippen LogP contribution is 2.49. The van der Waals surface area contributed by atoms with Crippen molar-refractivity contribution in [3.05, 3.63) is 65.7 Å². The summed E-state index contributed by atoms with van der Waals surface area (Å²) in [6.07, 6.45) is 1.61. The summed E-state index contributed by atoms with van der Waals surface area (Å²) in [6.45, 7) is 2.97. The zero-order chi connectivity index (χ0) is 19.8. The number of likely N-dealkylation sites (tertiary alicyclic amines) is 1. The summed E-state index contributed by atoms with van der Waals surface area (Å²) < 4.78 is 5.46. The lowest BCUT2D eigenvalue weighted by Crippen LogP contribution is -2.69. The van der Waals surface area contributed by atoms with E-state index in [9.17, 15) is 9.90 Å². The van der Waals surface area contributed by atoms with Crippen molar-refractivity contribution >= 4 is 11.6 Å². The normalized spacial score (nSPS) is 27.1. The van der Waals surface area contributed by atoms with Crippen molar-refractivity contribution in [3.8, 4) is 0 Å². The van der Waals surface area contributed by atoms with Gasteiger partial charge in [0.15, 0.2) is 0 Å². The fourth-order valence-corrected chi connectivity index (χ4v) is 5.37. The van der Waals surface area contributed by atoms with Gasteiger partial charge in [0, 0.05) is 55.9 Å². The van der Waals surface area contributed by atoms with Gasteiger partial charge in [0.25, 0.3) is 0 Å². The highest BCUT2D eigenvalue weighted by atomic mass is 16.5. The number of fused-ring (bicyclic) bond motifs is 3. The van der Waals surface area contributed by atoms with Gasteiger partial charge in [-0.1, -0.05) is 48.5 Å². The first-order valence-corrected chi connectivity index (χ1v) is 10.7. The van der Waals surface area contributed by atoms with Crippen LogP contribution in [0, 0.1) is 5.92 Å². The minimum Gasteiger partial charge on any atom is -0.395 e. The predicted molar refractivity (Wildman–Crippen MR) is 112 cm³/mol. The topological polar surface area (TPSA) is 53.0 Å². The first-order valence-electron chi connectivity index (χ1n) is 10.7. The molecule has 0 spiro atoms. The average molecular weight is 392 g/mol. The van der Waals surface area contributed by atoms with Crippen LogP contribution in [0.4, 0.5) is 5.69 Å². The molecule has 0 aliphatic carbocycles. The molecule has 3 aliphatic rings. The summed E-state index contributed by atoms with van der Waals surface area (Å²) in [5, 5.41) is 10.1. The molecule has 0 aromatic heterocycles. The van der Waals surface area contributed by atoms with Crippen LogP contribution in [0.25, 0.3) is 0 Å². The Balaban J connectivity index is 1.45. The second-order valence-corrected chi connectivity index (χ2v) is 8.40. The number of para-hydroxylation sites is 1. The Kier molecular flexibility index (Phi) is 5.12. The Morgan fingerprint density at radius 2 is 1.76 bits per heavy atom. The quantitative estimate of drug-likeness (QED) is 0.869. The SMILES string of the molecule is O=C(C1CCOCC1)N1C[C@@H]2[C@H](c3ccccc31)[C@H](CO)N2Cc1ccccc1. The highest BCUT2D eigenvalue weighted by Gasteiger charge is 2.53. The van der Waals surface area contributed by atoms with E-state index in [-0.39, 0.29) is 36.4 Å². The van der Waals surface area contributed by atoms with Crippen molar-refractivity contribution in [2.75, 3.05) is 31.3 Å². The van der Waals surface area contributed by atoms with Crippen LogP contribution in [0.3, 0.4) is 0 Å². The number of hydrogen-bond acceptors (Lipinski definition) is 4. The maximum atomic E-state index is 13.4. The number of anilines is 1. The minimum absolute atomic E-state index is 0.0460. The number of benzene rings is 2. The largest absolute Gasteiger partial charge is 0.395 e. The highest BCUT2D eigenvalue weighted by molar-refractivity contribution is 5.96. The van der Waals surface area contributed by atoms with Gasteiger partial charge in [-0.2, -0.15) is 0 Å². The van der Waals surface area contributed by atoms with E-state index in [0.717, 1.165) is 25.1 Å². The fraction of sp³-hybridized carbons (Fsp3) is 0.458. The lowest BCUT2D eigenvalue weighted by molar-refractivity contribution is -0.126.